The zero-order valence-corrected chi connectivity index (χ0v) is 17.9. The Kier molecular flexibility index (Phi) is 20.7. The molecule has 0 spiro atoms. The van der Waals surface area contributed by atoms with Crippen LogP contribution in [0.4, 0.5) is 0 Å². The molecule has 0 aliphatic carbocycles. The summed E-state index contributed by atoms with van der Waals surface area (Å²) < 4.78 is 9.21. The maximum Gasteiger partial charge on any atom is 0.303 e. The number of carboxylic acid groups (broad SMARTS) is 1. The molecule has 0 aromatic rings. The number of hydrogen-bond acceptors (Lipinski definition) is 3. The molecule has 2 fully saturated rings. The van der Waals surface area contributed by atoms with E-state index in [-0.39, 0.29) is 0 Å². The van der Waals surface area contributed by atoms with Crippen molar-refractivity contribution in [3.8, 4) is 0 Å². The van der Waals surface area contributed by atoms with Gasteiger partial charge in [-0.2, -0.15) is 0 Å². The Labute approximate surface area is 167 Å². The lowest BCUT2D eigenvalue weighted by Crippen LogP contribution is -1.93. The molecule has 1 unspecified atom stereocenters. The number of aliphatic carboxylic acids is 1. The molecule has 0 aromatic heterocycles. The Morgan fingerprint density at radius 2 is 1.30 bits per heavy atom. The van der Waals surface area contributed by atoms with Crippen LogP contribution in [0.5, 0.6) is 0 Å². The SMILES string of the molecule is C1CO1.CC1CO1.CCCCCCCC/C=C/CCCCCCCC(=O)O. The Morgan fingerprint density at radius 1 is 0.889 bits per heavy atom. The Bertz CT molecular complexity index is 333. The summed E-state index contributed by atoms with van der Waals surface area (Å²) in [6, 6.07) is 0. The van der Waals surface area contributed by atoms with Crippen molar-refractivity contribution in [1.82, 2.24) is 0 Å². The van der Waals surface area contributed by atoms with Gasteiger partial charge in [0.25, 0.3) is 0 Å². The van der Waals surface area contributed by atoms with Gasteiger partial charge < -0.3 is 14.6 Å². The highest BCUT2D eigenvalue weighted by molar-refractivity contribution is 5.66. The Morgan fingerprint density at radius 3 is 1.67 bits per heavy atom. The molecule has 2 saturated heterocycles. The van der Waals surface area contributed by atoms with Crippen LogP contribution in [0.1, 0.15) is 104 Å². The zero-order chi connectivity index (χ0) is 20.0. The lowest BCUT2D eigenvalue weighted by molar-refractivity contribution is -0.137. The molecule has 2 aliphatic heterocycles. The monoisotopic (exact) mass is 384 g/mol. The fourth-order valence-corrected chi connectivity index (χ4v) is 2.44. The van der Waals surface area contributed by atoms with E-state index in [1.54, 1.807) is 0 Å². The van der Waals surface area contributed by atoms with Crippen molar-refractivity contribution >= 4 is 5.97 Å². The standard InChI is InChI=1S/C18H34O2.C3H6O.C2H4O/c1-2-3-4-5-6-7-8-9-10-11-12-13-14-15-16-17-18(19)20;1-3-2-4-3;1-2-3-1/h9-10H,2-8,11-17H2,1H3,(H,19,20);3H,2H2,1H3;1-2H2/b10-9+;;. The highest BCUT2D eigenvalue weighted by Crippen LogP contribution is 2.09. The number of carboxylic acids is 1. The summed E-state index contributed by atoms with van der Waals surface area (Å²) in [6.07, 6.45) is 21.8. The van der Waals surface area contributed by atoms with E-state index in [0.717, 1.165) is 32.7 Å². The van der Waals surface area contributed by atoms with Crippen LogP contribution in [0.2, 0.25) is 0 Å². The molecule has 2 heterocycles. The molecule has 0 amide bonds. The average Bonchev–Trinajstić information content (AvgIpc) is 3.53. The highest BCUT2D eigenvalue weighted by Gasteiger charge is 2.13. The van der Waals surface area contributed by atoms with E-state index >= 15 is 0 Å². The Hall–Kier alpha value is -0.870. The quantitative estimate of drug-likeness (QED) is 0.198. The van der Waals surface area contributed by atoms with Crippen LogP contribution < -0.4 is 0 Å². The molecule has 27 heavy (non-hydrogen) atoms. The molecule has 160 valence electrons. The van der Waals surface area contributed by atoms with Gasteiger partial charge in [0.15, 0.2) is 0 Å². The van der Waals surface area contributed by atoms with E-state index in [1.165, 1.54) is 70.6 Å². The summed E-state index contributed by atoms with van der Waals surface area (Å²) in [6.45, 7) is 7.30. The second kappa shape index (κ2) is 21.4. The number of unbranched alkanes of at least 4 members (excludes halogenated alkanes) is 11. The molecule has 4 heteroatoms. The van der Waals surface area contributed by atoms with E-state index in [9.17, 15) is 4.79 Å². The normalized spacial score (nSPS) is 16.9. The summed E-state index contributed by atoms with van der Waals surface area (Å²) in [5, 5.41) is 8.51. The van der Waals surface area contributed by atoms with Crippen LogP contribution in [0.25, 0.3) is 0 Å². The number of rotatable bonds is 15. The maximum absolute atomic E-state index is 10.3. The van der Waals surface area contributed by atoms with Gasteiger partial charge in [0.1, 0.15) is 0 Å². The minimum Gasteiger partial charge on any atom is -0.481 e. The average molecular weight is 385 g/mol. The third-order valence-electron chi connectivity index (χ3n) is 4.36. The summed E-state index contributed by atoms with van der Waals surface area (Å²) >= 11 is 0. The molecular formula is C23H44O4. The summed E-state index contributed by atoms with van der Waals surface area (Å²) in [5.41, 5.74) is 0. The molecule has 0 aromatic carbocycles. The number of carbonyl (C=O) groups is 1. The second-order valence-corrected chi connectivity index (χ2v) is 7.48. The second-order valence-electron chi connectivity index (χ2n) is 7.48. The van der Waals surface area contributed by atoms with Gasteiger partial charge in [-0.1, -0.05) is 70.4 Å². The molecule has 0 radical (unpaired) electrons. The largest absolute Gasteiger partial charge is 0.481 e. The first-order chi connectivity index (χ1) is 13.2. The molecule has 4 nitrogen and oxygen atoms in total. The lowest BCUT2D eigenvalue weighted by Gasteiger charge is -1.99. The van der Waals surface area contributed by atoms with Crippen LogP contribution >= 0.6 is 0 Å². The van der Waals surface area contributed by atoms with Gasteiger partial charge in [-0.25, -0.2) is 0 Å². The van der Waals surface area contributed by atoms with Crippen LogP contribution in [0.3, 0.4) is 0 Å². The highest BCUT2D eigenvalue weighted by atomic mass is 16.6. The van der Waals surface area contributed by atoms with Crippen molar-refractivity contribution < 1.29 is 19.4 Å². The lowest BCUT2D eigenvalue weighted by atomic mass is 10.1. The van der Waals surface area contributed by atoms with Crippen molar-refractivity contribution in [3.63, 3.8) is 0 Å². The van der Waals surface area contributed by atoms with E-state index in [1.807, 2.05) is 0 Å². The minimum absolute atomic E-state index is 0.332. The van der Waals surface area contributed by atoms with E-state index in [0.29, 0.717) is 12.5 Å². The van der Waals surface area contributed by atoms with Gasteiger partial charge in [0, 0.05) is 6.42 Å². The predicted octanol–water partition coefficient (Wildman–Crippen LogP) is 6.53. The number of hydrogen-bond donors (Lipinski definition) is 1. The summed E-state index contributed by atoms with van der Waals surface area (Å²) in [5.74, 6) is -0.664. The fraction of sp³-hybridized carbons (Fsp3) is 0.870. The maximum atomic E-state index is 10.3. The molecule has 0 bridgehead atoms. The van der Waals surface area contributed by atoms with Crippen LogP contribution in [0, 0.1) is 0 Å². The smallest absolute Gasteiger partial charge is 0.303 e. The van der Waals surface area contributed by atoms with E-state index in [2.05, 4.69) is 30.7 Å². The van der Waals surface area contributed by atoms with Crippen LogP contribution in [-0.2, 0) is 14.3 Å². The number of ether oxygens (including phenoxy) is 2. The first-order valence-corrected chi connectivity index (χ1v) is 11.2. The van der Waals surface area contributed by atoms with Crippen molar-refractivity contribution in [2.45, 2.75) is 110 Å². The molecule has 0 saturated carbocycles. The molecule has 1 atom stereocenters. The van der Waals surface area contributed by atoms with Gasteiger partial charge in [-0.3, -0.25) is 4.79 Å². The predicted molar refractivity (Wildman–Crippen MR) is 113 cm³/mol. The van der Waals surface area contributed by atoms with Crippen molar-refractivity contribution in [2.75, 3.05) is 19.8 Å². The van der Waals surface area contributed by atoms with Gasteiger partial charge in [-0.15, -0.1) is 0 Å². The summed E-state index contributed by atoms with van der Waals surface area (Å²) in [7, 11) is 0. The van der Waals surface area contributed by atoms with Crippen molar-refractivity contribution in [3.05, 3.63) is 12.2 Å². The third-order valence-corrected chi connectivity index (χ3v) is 4.36. The molecule has 2 aliphatic rings. The topological polar surface area (TPSA) is 62.4 Å². The van der Waals surface area contributed by atoms with Gasteiger partial charge >= 0.3 is 5.97 Å². The van der Waals surface area contributed by atoms with Gasteiger partial charge in [0.2, 0.25) is 0 Å². The van der Waals surface area contributed by atoms with Gasteiger partial charge in [0.05, 0.1) is 25.9 Å². The molecular weight excluding hydrogens is 340 g/mol. The number of allylic oxidation sites excluding steroid dienone is 2. The summed E-state index contributed by atoms with van der Waals surface area (Å²) in [4.78, 5) is 10.3. The minimum atomic E-state index is -0.664. The van der Waals surface area contributed by atoms with Crippen molar-refractivity contribution in [2.24, 2.45) is 0 Å². The third kappa shape index (κ3) is 33.2. The van der Waals surface area contributed by atoms with Gasteiger partial charge in [-0.05, 0) is 39.0 Å². The first-order valence-electron chi connectivity index (χ1n) is 11.2. The first kappa shape index (κ1) is 26.1. The Balaban J connectivity index is 0.000000783. The fourth-order valence-electron chi connectivity index (χ4n) is 2.44. The van der Waals surface area contributed by atoms with E-state index in [4.69, 9.17) is 9.84 Å². The van der Waals surface area contributed by atoms with E-state index < -0.39 is 5.97 Å². The zero-order valence-electron chi connectivity index (χ0n) is 17.9. The van der Waals surface area contributed by atoms with Crippen molar-refractivity contribution in [1.29, 1.82) is 0 Å². The molecule has 2 rings (SSSR count). The van der Waals surface area contributed by atoms with Crippen LogP contribution in [0.15, 0.2) is 12.2 Å². The molecule has 1 N–H and O–H groups in total. The number of epoxide rings is 2. The van der Waals surface area contributed by atoms with Crippen LogP contribution in [-0.4, -0.2) is 37.0 Å².